The van der Waals surface area contributed by atoms with Crippen molar-refractivity contribution >= 4 is 19.2 Å². The molecule has 0 aliphatic rings. The van der Waals surface area contributed by atoms with Gasteiger partial charge in [0, 0.05) is 13.1 Å². The van der Waals surface area contributed by atoms with Gasteiger partial charge in [0.15, 0.2) is 0 Å². The van der Waals surface area contributed by atoms with Crippen LogP contribution in [0.3, 0.4) is 0 Å². The van der Waals surface area contributed by atoms with Gasteiger partial charge in [0.05, 0.1) is 0 Å². The third-order valence-corrected chi connectivity index (χ3v) is 4.77. The molecule has 0 aromatic heterocycles. The molecule has 0 aliphatic carbocycles. The Hall–Kier alpha value is -1.21. The molecule has 0 saturated carbocycles. The Morgan fingerprint density at radius 2 is 1.24 bits per heavy atom. The van der Waals surface area contributed by atoms with E-state index in [2.05, 4.69) is 86.5 Å². The average molecular weight is 300 g/mol. The van der Waals surface area contributed by atoms with Gasteiger partial charge in [0.25, 0.3) is 0 Å². The second kappa shape index (κ2) is 7.70. The maximum absolute atomic E-state index is 2.27. The number of nitrogens with zero attached hydrogens (tertiary/aromatic N) is 2. The summed E-state index contributed by atoms with van der Waals surface area (Å²) < 4.78 is 0. The normalized spacial score (nSPS) is 11.9. The van der Waals surface area contributed by atoms with Gasteiger partial charge in [-0.05, 0) is 49.9 Å². The highest BCUT2D eigenvalue weighted by Crippen LogP contribution is 2.19. The molecule has 112 valence electrons. The van der Waals surface area contributed by atoms with Crippen molar-refractivity contribution in [2.24, 2.45) is 0 Å². The topological polar surface area (TPSA) is 6.48 Å². The van der Waals surface area contributed by atoms with Crippen LogP contribution < -0.4 is 10.6 Å². The summed E-state index contributed by atoms with van der Waals surface area (Å²) in [5.41, 5.74) is 2.89. The van der Waals surface area contributed by atoms with E-state index in [4.69, 9.17) is 0 Å². The number of hydrogen-bond donors (Lipinski definition) is 0. The quantitative estimate of drug-likeness (QED) is 0.756. The van der Waals surface area contributed by atoms with Gasteiger partial charge in [-0.1, -0.05) is 57.1 Å². The van der Waals surface area contributed by atoms with Gasteiger partial charge in [-0.25, -0.2) is 0 Å². The van der Waals surface area contributed by atoms with E-state index in [0.717, 1.165) is 21.7 Å². The first-order valence-corrected chi connectivity index (χ1v) is 8.28. The van der Waals surface area contributed by atoms with Gasteiger partial charge in [-0.3, -0.25) is 0 Å². The van der Waals surface area contributed by atoms with Crippen molar-refractivity contribution in [1.82, 2.24) is 9.80 Å². The fourth-order valence-electron chi connectivity index (χ4n) is 2.42. The van der Waals surface area contributed by atoms with Crippen LogP contribution in [0.15, 0.2) is 48.5 Å². The summed E-state index contributed by atoms with van der Waals surface area (Å²) in [6, 6.07) is 17.5. The van der Waals surface area contributed by atoms with Gasteiger partial charge in [-0.15, -0.1) is 0 Å². The van der Waals surface area contributed by atoms with Crippen LogP contribution in [0.4, 0.5) is 0 Å². The lowest BCUT2D eigenvalue weighted by atomic mass is 10.1. The van der Waals surface area contributed by atoms with Crippen LogP contribution in [0.1, 0.15) is 11.1 Å². The van der Waals surface area contributed by atoms with Gasteiger partial charge in [-0.2, -0.15) is 0 Å². The fraction of sp³-hybridized carbons (Fsp3) is 0.333. The van der Waals surface area contributed by atoms with Crippen molar-refractivity contribution < 1.29 is 0 Å². The molecule has 3 heteroatoms. The molecular weight excluding hydrogens is 275 g/mol. The summed E-state index contributed by atoms with van der Waals surface area (Å²) in [5.74, 6) is 0. The summed E-state index contributed by atoms with van der Waals surface area (Å²) in [5, 5.41) is 2.91. The highest BCUT2D eigenvalue weighted by Gasteiger charge is 2.10. The predicted octanol–water partition coefficient (Wildman–Crippen LogP) is 2.44. The summed E-state index contributed by atoms with van der Waals surface area (Å²) >= 11 is 0. The Morgan fingerprint density at radius 3 is 1.71 bits per heavy atom. The van der Waals surface area contributed by atoms with Crippen LogP contribution in [0.2, 0.25) is 0 Å². The zero-order chi connectivity index (χ0) is 15.2. The molecule has 0 aliphatic heterocycles. The smallest absolute Gasteiger partial charge is 0.0234 e. The predicted molar refractivity (Wildman–Crippen MR) is 95.2 cm³/mol. The van der Waals surface area contributed by atoms with E-state index in [1.165, 1.54) is 21.7 Å². The van der Waals surface area contributed by atoms with E-state index in [0.29, 0.717) is 0 Å². The third-order valence-electron chi connectivity index (χ3n) is 3.25. The van der Waals surface area contributed by atoms with Gasteiger partial charge < -0.3 is 9.80 Å². The number of hydrogen-bond acceptors (Lipinski definition) is 2. The molecule has 0 saturated heterocycles. The van der Waals surface area contributed by atoms with Crippen molar-refractivity contribution in [2.75, 3.05) is 28.2 Å². The van der Waals surface area contributed by atoms with Crippen molar-refractivity contribution in [3.05, 3.63) is 59.7 Å². The minimum atomic E-state index is 0.720. The van der Waals surface area contributed by atoms with Gasteiger partial charge in [0.1, 0.15) is 0 Å². The minimum absolute atomic E-state index is 0.720. The lowest BCUT2D eigenvalue weighted by molar-refractivity contribution is 0.398. The first-order chi connectivity index (χ1) is 10.1. The van der Waals surface area contributed by atoms with Crippen molar-refractivity contribution in [3.8, 4) is 0 Å². The molecule has 1 atom stereocenters. The molecule has 21 heavy (non-hydrogen) atoms. The molecule has 0 amide bonds. The molecule has 0 fully saturated rings. The Kier molecular flexibility index (Phi) is 5.93. The summed E-state index contributed by atoms with van der Waals surface area (Å²) in [7, 11) is 9.25. The van der Waals surface area contributed by atoms with Crippen LogP contribution in [0.25, 0.3) is 0 Å². The van der Waals surface area contributed by atoms with Crippen LogP contribution in [0, 0.1) is 0 Å². The number of benzene rings is 2. The highest BCUT2D eigenvalue weighted by atomic mass is 31.1. The zero-order valence-electron chi connectivity index (χ0n) is 13.4. The molecule has 2 aromatic carbocycles. The Labute approximate surface area is 130 Å². The fourth-order valence-corrected chi connectivity index (χ4v) is 3.72. The molecule has 0 radical (unpaired) electrons. The van der Waals surface area contributed by atoms with E-state index in [9.17, 15) is 0 Å². The Morgan fingerprint density at radius 1 is 0.714 bits per heavy atom. The first kappa shape index (κ1) is 16.2. The van der Waals surface area contributed by atoms with E-state index < -0.39 is 0 Å². The molecule has 0 spiro atoms. The molecule has 2 aromatic rings. The Bertz CT molecular complexity index is 536. The molecular formula is C18H25N2P. The second-order valence-corrected chi connectivity index (χ2v) is 7.25. The SMILES string of the molecule is CN(C)Cc1cccc(CN(C)C)c1Pc1ccccc1. The molecule has 1 unspecified atom stereocenters. The standard InChI is InChI=1S/C18H25N2P/c1-19(2)13-15-9-8-10-16(14-20(3)4)18(15)21-17-11-6-5-7-12-17/h5-12,21H,13-14H2,1-4H3. The van der Waals surface area contributed by atoms with Crippen LogP contribution in [-0.2, 0) is 13.1 Å². The number of rotatable bonds is 6. The maximum atomic E-state index is 2.27. The minimum Gasteiger partial charge on any atom is -0.305 e. The maximum Gasteiger partial charge on any atom is 0.0234 e. The van der Waals surface area contributed by atoms with Crippen LogP contribution >= 0.6 is 8.58 Å². The van der Waals surface area contributed by atoms with Gasteiger partial charge in [0.2, 0.25) is 0 Å². The van der Waals surface area contributed by atoms with E-state index >= 15 is 0 Å². The van der Waals surface area contributed by atoms with E-state index in [1.807, 2.05) is 0 Å². The molecule has 2 nitrogen and oxygen atoms in total. The molecule has 2 rings (SSSR count). The third kappa shape index (κ3) is 4.93. The highest BCUT2D eigenvalue weighted by molar-refractivity contribution is 7.55. The van der Waals surface area contributed by atoms with E-state index in [1.54, 1.807) is 0 Å². The monoisotopic (exact) mass is 300 g/mol. The van der Waals surface area contributed by atoms with Crippen molar-refractivity contribution in [2.45, 2.75) is 13.1 Å². The van der Waals surface area contributed by atoms with Crippen LogP contribution in [-0.4, -0.2) is 38.0 Å². The lowest BCUT2D eigenvalue weighted by Gasteiger charge is -2.20. The van der Waals surface area contributed by atoms with Crippen molar-refractivity contribution in [3.63, 3.8) is 0 Å². The second-order valence-electron chi connectivity index (χ2n) is 5.92. The average Bonchev–Trinajstić information content (AvgIpc) is 2.42. The summed E-state index contributed by atoms with van der Waals surface area (Å²) in [4.78, 5) is 4.49. The largest absolute Gasteiger partial charge is 0.305 e. The Balaban J connectivity index is 2.37. The molecule has 0 N–H and O–H groups in total. The van der Waals surface area contributed by atoms with Gasteiger partial charge >= 0.3 is 0 Å². The molecule has 0 bridgehead atoms. The zero-order valence-corrected chi connectivity index (χ0v) is 14.4. The van der Waals surface area contributed by atoms with Crippen molar-refractivity contribution in [1.29, 1.82) is 0 Å². The molecule has 0 heterocycles. The van der Waals surface area contributed by atoms with E-state index in [-0.39, 0.29) is 0 Å². The lowest BCUT2D eigenvalue weighted by Crippen LogP contribution is -2.23. The summed E-state index contributed by atoms with van der Waals surface area (Å²) in [6.45, 7) is 1.99. The summed E-state index contributed by atoms with van der Waals surface area (Å²) in [6.07, 6.45) is 0. The van der Waals surface area contributed by atoms with Crippen LogP contribution in [0.5, 0.6) is 0 Å². The first-order valence-electron chi connectivity index (χ1n) is 7.28.